The van der Waals surface area contributed by atoms with Gasteiger partial charge in [0.15, 0.2) is 0 Å². The second-order valence-electron chi connectivity index (χ2n) is 4.59. The topological polar surface area (TPSA) is 60.4 Å². The maximum absolute atomic E-state index is 6.26. The molecule has 0 bridgehead atoms. The minimum atomic E-state index is -0.111. The molecule has 2 rings (SSSR count). The third-order valence-corrected chi connectivity index (χ3v) is 3.06. The molecule has 4 nitrogen and oxygen atoms in total. The Morgan fingerprint density at radius 3 is 2.75 bits per heavy atom. The number of nitrogens with two attached hydrogens (primary N) is 1. The molecule has 1 aliphatic rings. The fraction of sp³-hybridized carbons (Fsp3) is 0.667. The number of aryl methyl sites for hydroxylation is 1. The van der Waals surface area contributed by atoms with Gasteiger partial charge in [0, 0.05) is 25.3 Å². The Hall–Kier alpha value is -0.840. The van der Waals surface area contributed by atoms with Gasteiger partial charge in [0.2, 0.25) is 0 Å². The monoisotopic (exact) mass is 224 g/mol. The van der Waals surface area contributed by atoms with Crippen LogP contribution in [0.15, 0.2) is 16.5 Å². The van der Waals surface area contributed by atoms with Crippen LogP contribution in [-0.2, 0) is 11.3 Å². The predicted octanol–water partition coefficient (Wildman–Crippen LogP) is 1.19. The molecule has 1 aliphatic heterocycles. The van der Waals surface area contributed by atoms with Crippen LogP contribution in [-0.4, -0.2) is 25.3 Å². The summed E-state index contributed by atoms with van der Waals surface area (Å²) in [5.74, 6) is 1.92. The zero-order valence-electron chi connectivity index (χ0n) is 9.79. The van der Waals surface area contributed by atoms with Crippen molar-refractivity contribution >= 4 is 0 Å². The van der Waals surface area contributed by atoms with E-state index in [1.54, 1.807) is 0 Å². The lowest BCUT2D eigenvalue weighted by Crippen LogP contribution is -2.52. The highest BCUT2D eigenvalue weighted by molar-refractivity contribution is 5.05. The summed E-state index contributed by atoms with van der Waals surface area (Å²) < 4.78 is 10.8. The van der Waals surface area contributed by atoms with Gasteiger partial charge in [0.1, 0.15) is 11.5 Å². The molecule has 0 amide bonds. The third kappa shape index (κ3) is 3.07. The van der Waals surface area contributed by atoms with Gasteiger partial charge < -0.3 is 20.2 Å². The minimum absolute atomic E-state index is 0.111. The summed E-state index contributed by atoms with van der Waals surface area (Å²) in [5, 5.41) is 3.35. The highest BCUT2D eigenvalue weighted by atomic mass is 16.5. The van der Waals surface area contributed by atoms with Gasteiger partial charge in [-0.2, -0.15) is 0 Å². The standard InChI is InChI=1S/C12H20N2O2/c1-10-2-3-11(16-10)8-14-9-12(13)4-6-15-7-5-12/h2-3,14H,4-9,13H2,1H3. The van der Waals surface area contributed by atoms with E-state index in [9.17, 15) is 0 Å². The molecule has 90 valence electrons. The van der Waals surface area contributed by atoms with E-state index < -0.39 is 0 Å². The number of hydrogen-bond acceptors (Lipinski definition) is 4. The summed E-state index contributed by atoms with van der Waals surface area (Å²) in [7, 11) is 0. The molecule has 0 saturated carbocycles. The highest BCUT2D eigenvalue weighted by Gasteiger charge is 2.27. The zero-order valence-corrected chi connectivity index (χ0v) is 9.79. The lowest BCUT2D eigenvalue weighted by atomic mass is 9.91. The quantitative estimate of drug-likeness (QED) is 0.806. The van der Waals surface area contributed by atoms with Crippen molar-refractivity contribution in [2.75, 3.05) is 19.8 Å². The maximum Gasteiger partial charge on any atom is 0.117 e. The molecule has 1 aromatic rings. The van der Waals surface area contributed by atoms with Gasteiger partial charge in [0.25, 0.3) is 0 Å². The molecule has 3 N–H and O–H groups in total. The van der Waals surface area contributed by atoms with E-state index in [1.807, 2.05) is 19.1 Å². The van der Waals surface area contributed by atoms with E-state index in [2.05, 4.69) is 5.32 Å². The van der Waals surface area contributed by atoms with Crippen LogP contribution >= 0.6 is 0 Å². The fourth-order valence-corrected chi connectivity index (χ4v) is 1.97. The number of furan rings is 1. The molecule has 0 spiro atoms. The molecular formula is C12H20N2O2. The smallest absolute Gasteiger partial charge is 0.117 e. The van der Waals surface area contributed by atoms with Gasteiger partial charge in [-0.1, -0.05) is 0 Å². The van der Waals surface area contributed by atoms with Crippen LogP contribution < -0.4 is 11.1 Å². The largest absolute Gasteiger partial charge is 0.465 e. The average Bonchev–Trinajstić information content (AvgIpc) is 2.65. The van der Waals surface area contributed by atoms with Crippen LogP contribution in [0.4, 0.5) is 0 Å². The molecule has 1 saturated heterocycles. The summed E-state index contributed by atoms with van der Waals surface area (Å²) in [6.07, 6.45) is 1.86. The summed E-state index contributed by atoms with van der Waals surface area (Å²) in [5.41, 5.74) is 6.14. The third-order valence-electron chi connectivity index (χ3n) is 3.06. The van der Waals surface area contributed by atoms with Gasteiger partial charge in [-0.05, 0) is 31.9 Å². The van der Waals surface area contributed by atoms with Crippen LogP contribution in [0.1, 0.15) is 24.4 Å². The molecule has 0 aliphatic carbocycles. The molecule has 1 fully saturated rings. The van der Waals surface area contributed by atoms with Crippen LogP contribution in [0.3, 0.4) is 0 Å². The second-order valence-corrected chi connectivity index (χ2v) is 4.59. The summed E-state index contributed by atoms with van der Waals surface area (Å²) >= 11 is 0. The van der Waals surface area contributed by atoms with Crippen molar-refractivity contribution in [3.05, 3.63) is 23.7 Å². The average molecular weight is 224 g/mol. The second kappa shape index (κ2) is 4.99. The summed E-state index contributed by atoms with van der Waals surface area (Å²) in [6, 6.07) is 3.97. The Kier molecular flexibility index (Phi) is 3.63. The number of ether oxygens (including phenoxy) is 1. The molecule has 1 aromatic heterocycles. The van der Waals surface area contributed by atoms with E-state index in [0.717, 1.165) is 50.7 Å². The van der Waals surface area contributed by atoms with Crippen LogP contribution in [0.5, 0.6) is 0 Å². The molecule has 0 radical (unpaired) electrons. The first-order valence-electron chi connectivity index (χ1n) is 5.81. The Bertz CT molecular complexity index is 330. The van der Waals surface area contributed by atoms with Crippen molar-refractivity contribution in [1.29, 1.82) is 0 Å². The highest BCUT2D eigenvalue weighted by Crippen LogP contribution is 2.16. The van der Waals surface area contributed by atoms with Gasteiger partial charge in [0.05, 0.1) is 6.54 Å². The normalized spacial score (nSPS) is 19.9. The molecule has 0 atom stereocenters. The van der Waals surface area contributed by atoms with Crippen LogP contribution in [0.25, 0.3) is 0 Å². The van der Waals surface area contributed by atoms with Gasteiger partial charge >= 0.3 is 0 Å². The lowest BCUT2D eigenvalue weighted by Gasteiger charge is -2.33. The molecule has 0 aromatic carbocycles. The van der Waals surface area contributed by atoms with Crippen molar-refractivity contribution < 1.29 is 9.15 Å². The first-order chi connectivity index (χ1) is 7.68. The summed E-state index contributed by atoms with van der Waals surface area (Å²) in [6.45, 7) is 5.06. The maximum atomic E-state index is 6.26. The number of nitrogens with one attached hydrogen (secondary N) is 1. The molecular weight excluding hydrogens is 204 g/mol. The van der Waals surface area contributed by atoms with Crippen LogP contribution in [0.2, 0.25) is 0 Å². The van der Waals surface area contributed by atoms with Gasteiger partial charge in [-0.25, -0.2) is 0 Å². The summed E-state index contributed by atoms with van der Waals surface area (Å²) in [4.78, 5) is 0. The Morgan fingerprint density at radius 2 is 2.12 bits per heavy atom. The first-order valence-corrected chi connectivity index (χ1v) is 5.81. The Balaban J connectivity index is 1.74. The van der Waals surface area contributed by atoms with E-state index in [0.29, 0.717) is 0 Å². The van der Waals surface area contributed by atoms with E-state index in [4.69, 9.17) is 14.9 Å². The Morgan fingerprint density at radius 1 is 1.38 bits per heavy atom. The minimum Gasteiger partial charge on any atom is -0.465 e. The van der Waals surface area contributed by atoms with E-state index in [1.165, 1.54) is 0 Å². The molecule has 16 heavy (non-hydrogen) atoms. The van der Waals surface area contributed by atoms with Crippen molar-refractivity contribution in [1.82, 2.24) is 5.32 Å². The van der Waals surface area contributed by atoms with Crippen molar-refractivity contribution in [2.45, 2.75) is 31.8 Å². The van der Waals surface area contributed by atoms with E-state index >= 15 is 0 Å². The zero-order chi connectivity index (χ0) is 11.4. The van der Waals surface area contributed by atoms with Gasteiger partial charge in [-0.15, -0.1) is 0 Å². The van der Waals surface area contributed by atoms with Crippen LogP contribution in [0, 0.1) is 6.92 Å². The Labute approximate surface area is 96.1 Å². The molecule has 4 heteroatoms. The molecule has 0 unspecified atom stereocenters. The molecule has 2 heterocycles. The van der Waals surface area contributed by atoms with Crippen molar-refractivity contribution in [3.8, 4) is 0 Å². The van der Waals surface area contributed by atoms with Gasteiger partial charge in [-0.3, -0.25) is 0 Å². The first kappa shape index (κ1) is 11.6. The predicted molar refractivity (Wildman–Crippen MR) is 62.1 cm³/mol. The fourth-order valence-electron chi connectivity index (χ4n) is 1.97. The van der Waals surface area contributed by atoms with Crippen molar-refractivity contribution in [3.63, 3.8) is 0 Å². The number of rotatable bonds is 4. The van der Waals surface area contributed by atoms with E-state index in [-0.39, 0.29) is 5.54 Å². The SMILES string of the molecule is Cc1ccc(CNCC2(N)CCOCC2)o1. The number of hydrogen-bond donors (Lipinski definition) is 2. The van der Waals surface area contributed by atoms with Crippen molar-refractivity contribution in [2.24, 2.45) is 5.73 Å². The lowest BCUT2D eigenvalue weighted by molar-refractivity contribution is 0.0529.